The molecule has 0 bridgehead atoms. The van der Waals surface area contributed by atoms with Crippen molar-refractivity contribution in [1.82, 2.24) is 15.0 Å². The average molecular weight is 522 g/mol. The summed E-state index contributed by atoms with van der Waals surface area (Å²) >= 11 is 0. The van der Waals surface area contributed by atoms with E-state index in [0.717, 1.165) is 41.5 Å². The highest BCUT2D eigenvalue weighted by molar-refractivity contribution is 6.00. The Bertz CT molecular complexity index is 1300. The van der Waals surface area contributed by atoms with Gasteiger partial charge in [-0.3, -0.25) is 0 Å². The van der Waals surface area contributed by atoms with Gasteiger partial charge in [-0.15, -0.1) is 6.58 Å². The van der Waals surface area contributed by atoms with E-state index in [2.05, 4.69) is 116 Å². The lowest BCUT2D eigenvalue weighted by Gasteiger charge is -2.19. The molecule has 206 valence electrons. The zero-order valence-electron chi connectivity index (χ0n) is 25.3. The predicted octanol–water partition coefficient (Wildman–Crippen LogP) is 10.3. The van der Waals surface area contributed by atoms with Crippen LogP contribution < -0.4 is 0 Å². The van der Waals surface area contributed by atoms with Crippen molar-refractivity contribution in [3.05, 3.63) is 83.9 Å². The highest BCUT2D eigenvalue weighted by Crippen LogP contribution is 2.35. The van der Waals surface area contributed by atoms with Gasteiger partial charge in [0.15, 0.2) is 0 Å². The normalized spacial score (nSPS) is 12.3. The molecule has 0 aliphatic carbocycles. The number of aromatic nitrogens is 3. The van der Waals surface area contributed by atoms with E-state index in [1.165, 1.54) is 53.5 Å². The summed E-state index contributed by atoms with van der Waals surface area (Å²) in [5.41, 5.74) is 10.9. The van der Waals surface area contributed by atoms with Crippen LogP contribution in [0.15, 0.2) is 72.8 Å². The summed E-state index contributed by atoms with van der Waals surface area (Å²) in [6.45, 7) is 20.5. The van der Waals surface area contributed by atoms with Crippen LogP contribution in [0.2, 0.25) is 0 Å². The number of fused-ring (bicyclic) bond motifs is 1. The molecule has 0 atom stereocenters. The summed E-state index contributed by atoms with van der Waals surface area (Å²) in [7, 11) is 0. The molecule has 3 aromatic carbocycles. The average Bonchev–Trinajstić information content (AvgIpc) is 3.30. The Balaban J connectivity index is 1.64. The van der Waals surface area contributed by atoms with Crippen molar-refractivity contribution >= 4 is 11.0 Å². The van der Waals surface area contributed by atoms with Crippen LogP contribution in [0.3, 0.4) is 0 Å². The number of rotatable bonds is 10. The van der Waals surface area contributed by atoms with Gasteiger partial charge in [-0.25, -0.2) is 0 Å². The molecule has 0 fully saturated rings. The van der Waals surface area contributed by atoms with E-state index in [4.69, 9.17) is 10.2 Å². The van der Waals surface area contributed by atoms with Gasteiger partial charge in [0, 0.05) is 11.1 Å². The van der Waals surface area contributed by atoms with Gasteiger partial charge in [-0.2, -0.15) is 15.0 Å². The fourth-order valence-electron chi connectivity index (χ4n) is 5.11. The van der Waals surface area contributed by atoms with Crippen LogP contribution in [-0.2, 0) is 17.4 Å². The quantitative estimate of drug-likeness (QED) is 0.153. The molecule has 0 spiro atoms. The van der Waals surface area contributed by atoms with Crippen molar-refractivity contribution in [3.8, 4) is 22.3 Å². The fourth-order valence-corrected chi connectivity index (χ4v) is 5.11. The molecule has 4 aromatic rings. The van der Waals surface area contributed by atoms with Gasteiger partial charge in [-0.05, 0) is 59.3 Å². The lowest BCUT2D eigenvalue weighted by Crippen LogP contribution is -2.10. The van der Waals surface area contributed by atoms with Crippen LogP contribution in [-0.4, -0.2) is 15.0 Å². The molecule has 0 unspecified atom stereocenters. The van der Waals surface area contributed by atoms with E-state index >= 15 is 0 Å². The molecule has 0 saturated heterocycles. The highest BCUT2D eigenvalue weighted by atomic mass is 15.5. The molecule has 1 heterocycles. The van der Waals surface area contributed by atoms with Crippen LogP contribution >= 0.6 is 0 Å². The molecule has 1 aromatic heterocycles. The fraction of sp³-hybridized carbons (Fsp3) is 0.444. The van der Waals surface area contributed by atoms with Gasteiger partial charge in [0.2, 0.25) is 0 Å². The third-order valence-electron chi connectivity index (χ3n) is 7.67. The number of unbranched alkanes of at least 4 members (excludes halogenated alkanes) is 4. The molecule has 0 amide bonds. The van der Waals surface area contributed by atoms with E-state index in [1.54, 1.807) is 0 Å². The van der Waals surface area contributed by atoms with E-state index in [-0.39, 0.29) is 10.8 Å². The summed E-state index contributed by atoms with van der Waals surface area (Å²) < 4.78 is 0. The molecule has 0 radical (unpaired) electrons. The van der Waals surface area contributed by atoms with Crippen molar-refractivity contribution in [1.29, 1.82) is 0 Å². The van der Waals surface area contributed by atoms with E-state index < -0.39 is 0 Å². The Hall–Kier alpha value is -3.20. The third-order valence-corrected chi connectivity index (χ3v) is 7.67. The van der Waals surface area contributed by atoms with E-state index in [9.17, 15) is 0 Å². The molecule has 0 aliphatic heterocycles. The van der Waals surface area contributed by atoms with Crippen molar-refractivity contribution < 1.29 is 0 Å². The third kappa shape index (κ3) is 7.26. The lowest BCUT2D eigenvalue weighted by molar-refractivity contribution is 0.489. The summed E-state index contributed by atoms with van der Waals surface area (Å²) in [4.78, 5) is 1.93. The SMILES string of the molecule is C=C(C)CCCCCCCn1nc2c(-c3ccc(C(C)(C)C)cc3)ccc(-c3ccc(C(C)(C)C)cc3)c2n1. The predicted molar refractivity (Wildman–Crippen MR) is 168 cm³/mol. The molecular formula is C36H47N3. The van der Waals surface area contributed by atoms with Crippen LogP contribution in [0, 0.1) is 0 Å². The maximum Gasteiger partial charge on any atom is 0.121 e. The topological polar surface area (TPSA) is 30.7 Å². The van der Waals surface area contributed by atoms with Crippen molar-refractivity contribution in [2.24, 2.45) is 0 Å². The number of aryl methyl sites for hydroxylation is 1. The second-order valence-electron chi connectivity index (χ2n) is 13.3. The first-order chi connectivity index (χ1) is 18.4. The van der Waals surface area contributed by atoms with Gasteiger partial charge < -0.3 is 0 Å². The Kier molecular flexibility index (Phi) is 8.79. The number of hydrogen-bond donors (Lipinski definition) is 0. The van der Waals surface area contributed by atoms with Crippen LogP contribution in [0.5, 0.6) is 0 Å². The summed E-state index contributed by atoms with van der Waals surface area (Å²) in [6, 6.07) is 22.4. The highest BCUT2D eigenvalue weighted by Gasteiger charge is 2.18. The molecule has 3 heteroatoms. The smallest absolute Gasteiger partial charge is 0.121 e. The maximum absolute atomic E-state index is 5.05. The van der Waals surface area contributed by atoms with Gasteiger partial charge >= 0.3 is 0 Å². The van der Waals surface area contributed by atoms with E-state index in [1.807, 2.05) is 4.80 Å². The standard InChI is InChI=1S/C36H47N3/c1-26(2)14-12-10-9-11-13-25-39-37-33-31(27-15-19-29(20-16-27)35(3,4)5)23-24-32(34(33)38-39)28-17-21-30(22-18-28)36(6,7)8/h15-24H,1,9-14,25H2,2-8H3. The van der Waals surface area contributed by atoms with Crippen molar-refractivity contribution in [3.63, 3.8) is 0 Å². The molecule has 0 saturated carbocycles. The Labute approximate surface area is 236 Å². The first-order valence-electron chi connectivity index (χ1n) is 14.7. The van der Waals surface area contributed by atoms with Crippen molar-refractivity contribution in [2.75, 3.05) is 0 Å². The Morgan fingerprint density at radius 3 is 1.44 bits per heavy atom. The zero-order valence-corrected chi connectivity index (χ0v) is 25.3. The van der Waals surface area contributed by atoms with Gasteiger partial charge in [0.25, 0.3) is 0 Å². The summed E-state index contributed by atoms with van der Waals surface area (Å²) in [6.07, 6.45) is 7.21. The molecule has 3 nitrogen and oxygen atoms in total. The minimum absolute atomic E-state index is 0.130. The number of benzene rings is 3. The number of hydrogen-bond acceptors (Lipinski definition) is 2. The number of nitrogens with zero attached hydrogens (tertiary/aromatic N) is 3. The Morgan fingerprint density at radius 2 is 1.03 bits per heavy atom. The maximum atomic E-state index is 5.05. The second kappa shape index (κ2) is 11.9. The summed E-state index contributed by atoms with van der Waals surface area (Å²) in [5.74, 6) is 0. The minimum atomic E-state index is 0.130. The monoisotopic (exact) mass is 521 g/mol. The van der Waals surface area contributed by atoms with Crippen molar-refractivity contribution in [2.45, 2.75) is 104 Å². The minimum Gasteiger partial charge on any atom is -0.184 e. The number of allylic oxidation sites excluding steroid dienone is 1. The van der Waals surface area contributed by atoms with Gasteiger partial charge in [-0.1, -0.05) is 127 Å². The largest absolute Gasteiger partial charge is 0.184 e. The molecule has 0 aliphatic rings. The second-order valence-corrected chi connectivity index (χ2v) is 13.3. The van der Waals surface area contributed by atoms with Crippen LogP contribution in [0.4, 0.5) is 0 Å². The first-order valence-corrected chi connectivity index (χ1v) is 14.7. The van der Waals surface area contributed by atoms with Gasteiger partial charge in [0.05, 0.1) is 6.54 Å². The molecule has 39 heavy (non-hydrogen) atoms. The van der Waals surface area contributed by atoms with E-state index in [0.29, 0.717) is 0 Å². The van der Waals surface area contributed by atoms with Crippen LogP contribution in [0.1, 0.15) is 98.1 Å². The van der Waals surface area contributed by atoms with Crippen LogP contribution in [0.25, 0.3) is 33.3 Å². The first kappa shape index (κ1) is 28.8. The lowest BCUT2D eigenvalue weighted by atomic mass is 9.85. The van der Waals surface area contributed by atoms with Gasteiger partial charge in [0.1, 0.15) is 11.0 Å². The zero-order chi connectivity index (χ0) is 28.2. The molecule has 4 rings (SSSR count). The molecule has 0 N–H and O–H groups in total. The molecular weight excluding hydrogens is 474 g/mol. The summed E-state index contributed by atoms with van der Waals surface area (Å²) in [5, 5.41) is 10.1. The Morgan fingerprint density at radius 1 is 0.615 bits per heavy atom.